The molecule has 0 amide bonds. The molecule has 22 heavy (non-hydrogen) atoms. The molecule has 4 heterocycles. The van der Waals surface area contributed by atoms with Crippen molar-refractivity contribution in [2.45, 2.75) is 31.8 Å². The van der Waals surface area contributed by atoms with Crippen LogP contribution in [0.15, 0.2) is 23.3 Å². The number of nitrogens with one attached hydrogen (secondary N) is 1. The van der Waals surface area contributed by atoms with Gasteiger partial charge >= 0.3 is 0 Å². The Balaban J connectivity index is 1.63. The summed E-state index contributed by atoms with van der Waals surface area (Å²) in [5.74, 6) is 2.28. The normalized spacial score (nSPS) is 32.2. The molecule has 5 rings (SSSR count). The Labute approximate surface area is 131 Å². The monoisotopic (exact) mass is 301 g/mol. The molecule has 0 saturated carbocycles. The van der Waals surface area contributed by atoms with E-state index in [1.807, 2.05) is 13.0 Å². The number of hydrogen-bond donors (Lipinski definition) is 1. The van der Waals surface area contributed by atoms with Gasteiger partial charge in [0.25, 0.3) is 0 Å². The van der Waals surface area contributed by atoms with E-state index in [-0.39, 0.29) is 6.04 Å². The van der Waals surface area contributed by atoms with Gasteiger partial charge in [-0.05, 0) is 50.6 Å². The van der Waals surface area contributed by atoms with Crippen LogP contribution in [0.4, 0.5) is 0 Å². The fraction of sp³-hybridized carbons (Fsp3) is 0.588. The summed E-state index contributed by atoms with van der Waals surface area (Å²) in [5, 5.41) is 4.67. The first kappa shape index (κ1) is 13.9. The van der Waals surface area contributed by atoms with Crippen molar-refractivity contribution in [2.75, 3.05) is 26.8 Å². The van der Waals surface area contributed by atoms with Gasteiger partial charge in [0.05, 0.1) is 31.5 Å². The zero-order valence-corrected chi connectivity index (χ0v) is 13.2. The van der Waals surface area contributed by atoms with E-state index in [0.717, 1.165) is 11.5 Å². The maximum Gasteiger partial charge on any atom is 0.161 e. The summed E-state index contributed by atoms with van der Waals surface area (Å²) in [7, 11) is 1.69. The molecule has 4 aliphatic heterocycles. The van der Waals surface area contributed by atoms with E-state index in [0.29, 0.717) is 18.6 Å². The Morgan fingerprint density at radius 2 is 2.09 bits per heavy atom. The van der Waals surface area contributed by atoms with Crippen molar-refractivity contribution in [3.63, 3.8) is 0 Å². The first-order valence-electron chi connectivity index (χ1n) is 8.19. The molecule has 5 heteroatoms. The molecule has 0 spiro atoms. The van der Waals surface area contributed by atoms with E-state index in [1.54, 1.807) is 7.11 Å². The average Bonchev–Trinajstić information content (AvgIpc) is 3.04. The Bertz CT molecular complexity index is 594. The molecule has 2 bridgehead atoms. The van der Waals surface area contributed by atoms with Crippen molar-refractivity contribution in [2.24, 2.45) is 11.0 Å². The second-order valence-corrected chi connectivity index (χ2v) is 6.24. The van der Waals surface area contributed by atoms with Crippen LogP contribution in [-0.2, 0) is 0 Å². The first-order chi connectivity index (χ1) is 10.8. The second-order valence-electron chi connectivity index (χ2n) is 6.24. The van der Waals surface area contributed by atoms with E-state index in [2.05, 4.69) is 27.6 Å². The Kier molecular flexibility index (Phi) is 3.45. The summed E-state index contributed by atoms with van der Waals surface area (Å²) in [5.41, 5.74) is 5.94. The van der Waals surface area contributed by atoms with Crippen LogP contribution in [0.2, 0.25) is 0 Å². The highest BCUT2D eigenvalue weighted by Crippen LogP contribution is 2.40. The molecule has 1 aromatic rings. The molecule has 2 atom stereocenters. The highest BCUT2D eigenvalue weighted by molar-refractivity contribution is 5.95. The third-order valence-electron chi connectivity index (χ3n) is 5.14. The van der Waals surface area contributed by atoms with E-state index in [1.165, 1.54) is 37.2 Å². The predicted octanol–water partition coefficient (Wildman–Crippen LogP) is 2.19. The number of benzene rings is 1. The highest BCUT2D eigenvalue weighted by atomic mass is 16.5. The van der Waals surface area contributed by atoms with Crippen molar-refractivity contribution in [3.8, 4) is 11.5 Å². The summed E-state index contributed by atoms with van der Waals surface area (Å²) in [6, 6.07) is 6.86. The van der Waals surface area contributed by atoms with Crippen LogP contribution in [0.5, 0.6) is 11.5 Å². The maximum absolute atomic E-state index is 5.62. The number of fused-ring (bicyclic) bond motifs is 2. The van der Waals surface area contributed by atoms with E-state index in [4.69, 9.17) is 9.47 Å². The molecule has 0 aromatic heterocycles. The van der Waals surface area contributed by atoms with Crippen molar-refractivity contribution in [3.05, 3.63) is 23.8 Å². The van der Waals surface area contributed by atoms with Crippen molar-refractivity contribution < 1.29 is 9.47 Å². The summed E-state index contributed by atoms with van der Waals surface area (Å²) in [6.07, 6.45) is 2.52. The van der Waals surface area contributed by atoms with Gasteiger partial charge in [-0.15, -0.1) is 0 Å². The standard InChI is InChI=1S/C17H23N3O2/c1-3-22-13-5-4-12(10-14(13)21-2)16-17-15(18-19-16)11-6-8-20(17)9-7-11/h4-5,10-11,16-17,19H,3,6-9H2,1-2H3. The highest BCUT2D eigenvalue weighted by Gasteiger charge is 2.46. The average molecular weight is 301 g/mol. The molecule has 2 unspecified atom stereocenters. The molecule has 1 N–H and O–H groups in total. The molecule has 3 saturated heterocycles. The lowest BCUT2D eigenvalue weighted by Crippen LogP contribution is -2.56. The van der Waals surface area contributed by atoms with Gasteiger partial charge in [0.2, 0.25) is 0 Å². The lowest BCUT2D eigenvalue weighted by molar-refractivity contribution is 0.133. The minimum atomic E-state index is 0.225. The van der Waals surface area contributed by atoms with Crippen LogP contribution in [0.1, 0.15) is 31.4 Å². The van der Waals surface area contributed by atoms with Gasteiger partial charge in [-0.2, -0.15) is 5.10 Å². The topological polar surface area (TPSA) is 46.1 Å². The van der Waals surface area contributed by atoms with Crippen LogP contribution >= 0.6 is 0 Å². The number of hydrazone groups is 1. The summed E-state index contributed by atoms with van der Waals surface area (Å²) in [6.45, 7) is 5.02. The van der Waals surface area contributed by atoms with Crippen molar-refractivity contribution >= 4 is 5.71 Å². The van der Waals surface area contributed by atoms with Gasteiger partial charge in [0.1, 0.15) is 0 Å². The third kappa shape index (κ3) is 2.07. The Morgan fingerprint density at radius 1 is 1.27 bits per heavy atom. The van der Waals surface area contributed by atoms with Crippen molar-refractivity contribution in [1.29, 1.82) is 0 Å². The largest absolute Gasteiger partial charge is 0.493 e. The van der Waals surface area contributed by atoms with Crippen molar-refractivity contribution in [1.82, 2.24) is 10.3 Å². The SMILES string of the molecule is CCOc1ccc(C2NN=C3C4CCN(CC4)C32)cc1OC. The lowest BCUT2D eigenvalue weighted by atomic mass is 9.78. The van der Waals surface area contributed by atoms with Crippen LogP contribution in [0.3, 0.4) is 0 Å². The Morgan fingerprint density at radius 3 is 2.82 bits per heavy atom. The molecule has 118 valence electrons. The molecule has 4 aliphatic rings. The van der Waals surface area contributed by atoms with Gasteiger partial charge < -0.3 is 14.9 Å². The molecule has 0 aliphatic carbocycles. The fourth-order valence-electron chi connectivity index (χ4n) is 4.06. The first-order valence-corrected chi connectivity index (χ1v) is 8.19. The van der Waals surface area contributed by atoms with E-state index < -0.39 is 0 Å². The molecule has 1 aromatic carbocycles. The van der Waals surface area contributed by atoms with Gasteiger partial charge in [0, 0.05) is 5.92 Å². The second kappa shape index (κ2) is 5.47. The summed E-state index contributed by atoms with van der Waals surface area (Å²) < 4.78 is 11.1. The minimum absolute atomic E-state index is 0.225. The molecule has 5 nitrogen and oxygen atoms in total. The number of nitrogens with zero attached hydrogens (tertiary/aromatic N) is 2. The number of piperidine rings is 3. The van der Waals surface area contributed by atoms with Crippen LogP contribution in [-0.4, -0.2) is 43.5 Å². The quantitative estimate of drug-likeness (QED) is 0.926. The summed E-state index contributed by atoms with van der Waals surface area (Å²) in [4.78, 5) is 2.58. The van der Waals surface area contributed by atoms with E-state index in [9.17, 15) is 0 Å². The third-order valence-corrected chi connectivity index (χ3v) is 5.14. The molecule has 0 radical (unpaired) electrons. The number of methoxy groups -OCH3 is 1. The minimum Gasteiger partial charge on any atom is -0.493 e. The molecular formula is C17H23N3O2. The maximum atomic E-state index is 5.62. The molecule has 3 fully saturated rings. The van der Waals surface area contributed by atoms with Crippen LogP contribution in [0.25, 0.3) is 0 Å². The zero-order chi connectivity index (χ0) is 15.1. The number of hydrogen-bond acceptors (Lipinski definition) is 5. The Hall–Kier alpha value is -1.75. The van der Waals surface area contributed by atoms with E-state index >= 15 is 0 Å². The van der Waals surface area contributed by atoms with Gasteiger partial charge in [0.15, 0.2) is 11.5 Å². The smallest absolute Gasteiger partial charge is 0.161 e. The summed E-state index contributed by atoms with van der Waals surface area (Å²) >= 11 is 0. The molecular weight excluding hydrogens is 278 g/mol. The zero-order valence-electron chi connectivity index (χ0n) is 13.2. The van der Waals surface area contributed by atoms with Gasteiger partial charge in [-0.25, -0.2) is 0 Å². The number of ether oxygens (including phenoxy) is 2. The lowest BCUT2D eigenvalue weighted by Gasteiger charge is -2.45. The van der Waals surface area contributed by atoms with Gasteiger partial charge in [-0.1, -0.05) is 6.07 Å². The fourth-order valence-corrected chi connectivity index (χ4v) is 4.06. The van der Waals surface area contributed by atoms with Crippen LogP contribution in [0, 0.1) is 5.92 Å². The van der Waals surface area contributed by atoms with Crippen LogP contribution < -0.4 is 14.9 Å². The number of rotatable bonds is 4. The van der Waals surface area contributed by atoms with Gasteiger partial charge in [-0.3, -0.25) is 4.90 Å². The predicted molar refractivity (Wildman–Crippen MR) is 85.6 cm³/mol.